The largest absolute Gasteiger partial charge is 0.326 e. The second-order valence-electron chi connectivity index (χ2n) is 5.10. The Balaban J connectivity index is 2.41. The number of nitrogens with two attached hydrogens (primary N) is 1. The number of hydrogen-bond acceptors (Lipinski definition) is 3. The van der Waals surface area contributed by atoms with E-state index in [1.165, 1.54) is 4.31 Å². The Morgan fingerprint density at radius 2 is 1.67 bits per heavy atom. The van der Waals surface area contributed by atoms with Crippen LogP contribution in [0.2, 0.25) is 0 Å². The standard InChI is InChI=1S/C16H20N2O2S/c1-12-4-7-15(8-5-12)18(3)21(19,20)16-9-6-14(11-17)13(2)10-16/h4-10H,11,17H2,1-3H3. The third-order valence-corrected chi connectivity index (χ3v) is 5.37. The summed E-state index contributed by atoms with van der Waals surface area (Å²) in [5.74, 6) is 0. The summed E-state index contributed by atoms with van der Waals surface area (Å²) in [4.78, 5) is 0.278. The summed E-state index contributed by atoms with van der Waals surface area (Å²) in [7, 11) is -2.00. The SMILES string of the molecule is Cc1ccc(N(C)S(=O)(=O)c2ccc(CN)c(C)c2)cc1. The van der Waals surface area contributed by atoms with Crippen LogP contribution in [-0.2, 0) is 16.6 Å². The molecule has 4 nitrogen and oxygen atoms in total. The Hall–Kier alpha value is -1.85. The highest BCUT2D eigenvalue weighted by atomic mass is 32.2. The van der Waals surface area contributed by atoms with E-state index in [0.717, 1.165) is 16.7 Å². The zero-order valence-corrected chi connectivity index (χ0v) is 13.3. The number of aryl methyl sites for hydroxylation is 2. The van der Waals surface area contributed by atoms with Crippen LogP contribution < -0.4 is 10.0 Å². The van der Waals surface area contributed by atoms with E-state index in [0.29, 0.717) is 12.2 Å². The van der Waals surface area contributed by atoms with Crippen LogP contribution in [0.1, 0.15) is 16.7 Å². The lowest BCUT2D eigenvalue weighted by molar-refractivity contribution is 0.594. The summed E-state index contributed by atoms with van der Waals surface area (Å²) in [5, 5.41) is 0. The fraction of sp³-hybridized carbons (Fsp3) is 0.250. The molecular weight excluding hydrogens is 284 g/mol. The molecule has 0 fully saturated rings. The molecule has 0 aliphatic rings. The van der Waals surface area contributed by atoms with Gasteiger partial charge in [-0.25, -0.2) is 8.42 Å². The number of nitrogens with zero attached hydrogens (tertiary/aromatic N) is 1. The fourth-order valence-electron chi connectivity index (χ4n) is 2.11. The zero-order chi connectivity index (χ0) is 15.6. The molecule has 0 heterocycles. The van der Waals surface area contributed by atoms with E-state index in [4.69, 9.17) is 5.73 Å². The Kier molecular flexibility index (Phi) is 4.34. The summed E-state index contributed by atoms with van der Waals surface area (Å²) < 4.78 is 26.6. The van der Waals surface area contributed by atoms with Crippen molar-refractivity contribution in [2.75, 3.05) is 11.4 Å². The van der Waals surface area contributed by atoms with Crippen molar-refractivity contribution >= 4 is 15.7 Å². The van der Waals surface area contributed by atoms with Gasteiger partial charge in [-0.1, -0.05) is 23.8 Å². The van der Waals surface area contributed by atoms with Gasteiger partial charge in [-0.15, -0.1) is 0 Å². The Morgan fingerprint density at radius 1 is 1.05 bits per heavy atom. The molecule has 2 rings (SSSR count). The first kappa shape index (κ1) is 15.5. The zero-order valence-electron chi connectivity index (χ0n) is 12.5. The maximum absolute atomic E-state index is 12.7. The molecule has 2 N–H and O–H groups in total. The highest BCUT2D eigenvalue weighted by molar-refractivity contribution is 7.92. The molecule has 0 amide bonds. The smallest absolute Gasteiger partial charge is 0.264 e. The van der Waals surface area contributed by atoms with Gasteiger partial charge in [0.15, 0.2) is 0 Å². The quantitative estimate of drug-likeness (QED) is 0.944. The van der Waals surface area contributed by atoms with Crippen LogP contribution in [0.4, 0.5) is 5.69 Å². The van der Waals surface area contributed by atoms with Crippen molar-refractivity contribution in [3.05, 3.63) is 59.2 Å². The topological polar surface area (TPSA) is 63.4 Å². The number of rotatable bonds is 4. The van der Waals surface area contributed by atoms with Gasteiger partial charge in [-0.05, 0) is 49.2 Å². The van der Waals surface area contributed by atoms with E-state index in [1.807, 2.05) is 26.0 Å². The van der Waals surface area contributed by atoms with Gasteiger partial charge in [0.25, 0.3) is 10.0 Å². The van der Waals surface area contributed by atoms with Crippen LogP contribution in [0, 0.1) is 13.8 Å². The molecule has 0 saturated carbocycles. The van der Waals surface area contributed by atoms with Crippen molar-refractivity contribution in [3.8, 4) is 0 Å². The van der Waals surface area contributed by atoms with Crippen molar-refractivity contribution < 1.29 is 8.42 Å². The molecule has 0 unspecified atom stereocenters. The first-order valence-corrected chi connectivity index (χ1v) is 8.15. The van der Waals surface area contributed by atoms with Gasteiger partial charge in [0.2, 0.25) is 0 Å². The van der Waals surface area contributed by atoms with Crippen LogP contribution in [0.5, 0.6) is 0 Å². The highest BCUT2D eigenvalue weighted by Crippen LogP contribution is 2.23. The second kappa shape index (κ2) is 5.87. The van der Waals surface area contributed by atoms with Crippen molar-refractivity contribution in [2.45, 2.75) is 25.3 Å². The monoisotopic (exact) mass is 304 g/mol. The molecule has 21 heavy (non-hydrogen) atoms. The van der Waals surface area contributed by atoms with E-state index >= 15 is 0 Å². The Bertz CT molecular complexity index is 737. The average molecular weight is 304 g/mol. The molecule has 0 aliphatic heterocycles. The second-order valence-corrected chi connectivity index (χ2v) is 7.07. The molecule has 2 aromatic carbocycles. The lowest BCUT2D eigenvalue weighted by Crippen LogP contribution is -2.26. The van der Waals surface area contributed by atoms with Crippen LogP contribution in [0.3, 0.4) is 0 Å². The summed E-state index contributed by atoms with van der Waals surface area (Å²) in [5.41, 5.74) is 9.18. The Labute approximate surface area is 126 Å². The third kappa shape index (κ3) is 3.09. The minimum Gasteiger partial charge on any atom is -0.326 e. The van der Waals surface area contributed by atoms with Crippen LogP contribution in [-0.4, -0.2) is 15.5 Å². The van der Waals surface area contributed by atoms with Gasteiger partial charge in [0.1, 0.15) is 0 Å². The molecular formula is C16H20N2O2S. The Morgan fingerprint density at radius 3 is 2.19 bits per heavy atom. The van der Waals surface area contributed by atoms with Gasteiger partial charge in [0.05, 0.1) is 10.6 Å². The van der Waals surface area contributed by atoms with Crippen LogP contribution in [0.15, 0.2) is 47.4 Å². The van der Waals surface area contributed by atoms with Crippen molar-refractivity contribution in [1.29, 1.82) is 0 Å². The summed E-state index contributed by atoms with van der Waals surface area (Å²) in [6.07, 6.45) is 0. The minimum atomic E-state index is -3.56. The van der Waals surface area contributed by atoms with Crippen molar-refractivity contribution in [2.24, 2.45) is 5.73 Å². The molecule has 0 aromatic heterocycles. The maximum atomic E-state index is 12.7. The average Bonchev–Trinajstić information content (AvgIpc) is 2.47. The predicted octanol–water partition coefficient (Wildman–Crippen LogP) is 2.59. The first-order valence-electron chi connectivity index (χ1n) is 6.71. The third-order valence-electron chi connectivity index (χ3n) is 3.59. The van der Waals surface area contributed by atoms with Gasteiger partial charge in [-0.3, -0.25) is 4.31 Å². The predicted molar refractivity (Wildman–Crippen MR) is 85.8 cm³/mol. The number of anilines is 1. The molecule has 0 saturated heterocycles. The molecule has 112 valence electrons. The molecule has 0 aliphatic carbocycles. The maximum Gasteiger partial charge on any atom is 0.264 e. The summed E-state index contributed by atoms with van der Waals surface area (Å²) in [6, 6.07) is 12.4. The lowest BCUT2D eigenvalue weighted by Gasteiger charge is -2.20. The van der Waals surface area contributed by atoms with E-state index < -0.39 is 10.0 Å². The van der Waals surface area contributed by atoms with Gasteiger partial charge in [0, 0.05) is 13.6 Å². The fourth-order valence-corrected chi connectivity index (χ4v) is 3.39. The molecule has 2 aromatic rings. The van der Waals surface area contributed by atoms with E-state index in [2.05, 4.69) is 0 Å². The van der Waals surface area contributed by atoms with E-state index in [9.17, 15) is 8.42 Å². The lowest BCUT2D eigenvalue weighted by atomic mass is 10.1. The first-order chi connectivity index (χ1) is 9.86. The summed E-state index contributed by atoms with van der Waals surface area (Å²) in [6.45, 7) is 4.24. The van der Waals surface area contributed by atoms with E-state index in [-0.39, 0.29) is 4.90 Å². The molecule has 5 heteroatoms. The number of sulfonamides is 1. The van der Waals surface area contributed by atoms with E-state index in [1.54, 1.807) is 37.4 Å². The van der Waals surface area contributed by atoms with Gasteiger partial charge < -0.3 is 5.73 Å². The highest BCUT2D eigenvalue weighted by Gasteiger charge is 2.21. The molecule has 0 radical (unpaired) electrons. The van der Waals surface area contributed by atoms with Crippen molar-refractivity contribution in [1.82, 2.24) is 0 Å². The van der Waals surface area contributed by atoms with Gasteiger partial charge in [-0.2, -0.15) is 0 Å². The minimum absolute atomic E-state index is 0.278. The number of hydrogen-bond donors (Lipinski definition) is 1. The molecule has 0 bridgehead atoms. The molecule has 0 spiro atoms. The van der Waals surface area contributed by atoms with Crippen molar-refractivity contribution in [3.63, 3.8) is 0 Å². The number of benzene rings is 2. The van der Waals surface area contributed by atoms with Crippen LogP contribution >= 0.6 is 0 Å². The van der Waals surface area contributed by atoms with Gasteiger partial charge >= 0.3 is 0 Å². The molecule has 0 atom stereocenters. The summed E-state index contributed by atoms with van der Waals surface area (Å²) >= 11 is 0. The van der Waals surface area contributed by atoms with Crippen LogP contribution in [0.25, 0.3) is 0 Å². The normalized spacial score (nSPS) is 11.4.